The summed E-state index contributed by atoms with van der Waals surface area (Å²) in [4.78, 5) is 29.7. The van der Waals surface area contributed by atoms with Crippen LogP contribution in [0.3, 0.4) is 0 Å². The number of halogens is 2. The zero-order valence-corrected chi connectivity index (χ0v) is 18.4. The number of anilines is 1. The molecule has 0 fully saturated rings. The van der Waals surface area contributed by atoms with Crippen LogP contribution in [0.25, 0.3) is 6.08 Å². The summed E-state index contributed by atoms with van der Waals surface area (Å²) in [5, 5.41) is 2.74. The number of nitrogens with zero attached hydrogens (tertiary/aromatic N) is 2. The standard InChI is InChI=1S/C23H17ClFN3O3S/c1-28-20-7-5-16(23(30)27-13-15-3-2-8-26-12-15)11-17(20)22(29)21(32(28)31)10-14-4-6-18(24)19(25)9-14/h2-12H,13H2,1H3,(H,27,30)/b21-10-. The van der Waals surface area contributed by atoms with Crippen molar-refractivity contribution in [2.24, 2.45) is 0 Å². The number of benzene rings is 2. The average molecular weight is 470 g/mol. The molecular formula is C23H17ClFN3O3S. The summed E-state index contributed by atoms with van der Waals surface area (Å²) in [5.41, 5.74) is 2.16. The van der Waals surface area contributed by atoms with Crippen LogP contribution in [0.5, 0.6) is 0 Å². The van der Waals surface area contributed by atoms with Crippen molar-refractivity contribution in [3.05, 3.63) is 98.9 Å². The third kappa shape index (κ3) is 4.32. The molecule has 0 aliphatic carbocycles. The summed E-state index contributed by atoms with van der Waals surface area (Å²) in [6, 6.07) is 12.3. The molecule has 0 bridgehead atoms. The first-order valence-electron chi connectivity index (χ1n) is 9.53. The minimum atomic E-state index is -1.79. The van der Waals surface area contributed by atoms with Crippen LogP contribution in [0, 0.1) is 5.82 Å². The first-order chi connectivity index (χ1) is 15.3. The van der Waals surface area contributed by atoms with Crippen LogP contribution in [0.1, 0.15) is 31.8 Å². The Morgan fingerprint density at radius 1 is 1.25 bits per heavy atom. The lowest BCUT2D eigenvalue weighted by Crippen LogP contribution is -2.32. The van der Waals surface area contributed by atoms with Gasteiger partial charge in [0.15, 0.2) is 11.0 Å². The molecular weight excluding hydrogens is 453 g/mol. The SMILES string of the molecule is CN1c2ccc(C(=O)NCc3cccnc3)cc2C(=O)/C(=C/c2ccc(Cl)c(F)c2)S1=O. The van der Waals surface area contributed by atoms with Crippen molar-refractivity contribution >= 4 is 46.0 Å². The largest absolute Gasteiger partial charge is 0.348 e. The van der Waals surface area contributed by atoms with E-state index < -0.39 is 22.6 Å². The molecule has 0 saturated heterocycles. The molecule has 9 heteroatoms. The summed E-state index contributed by atoms with van der Waals surface area (Å²) in [7, 11) is -0.207. The van der Waals surface area contributed by atoms with Crippen LogP contribution in [0.2, 0.25) is 5.02 Å². The molecule has 2 heterocycles. The molecule has 1 unspecified atom stereocenters. The summed E-state index contributed by atoms with van der Waals surface area (Å²) < 4.78 is 28.1. The number of allylic oxidation sites excluding steroid dienone is 1. The minimum absolute atomic E-state index is 0.0189. The Morgan fingerprint density at radius 2 is 2.06 bits per heavy atom. The van der Waals surface area contributed by atoms with Crippen molar-refractivity contribution < 1.29 is 18.2 Å². The zero-order valence-electron chi connectivity index (χ0n) is 16.8. The number of fused-ring (bicyclic) bond motifs is 1. The third-order valence-corrected chi connectivity index (χ3v) is 6.60. The Morgan fingerprint density at radius 3 is 2.78 bits per heavy atom. The second-order valence-electron chi connectivity index (χ2n) is 7.03. The average Bonchev–Trinajstić information content (AvgIpc) is 2.81. The molecule has 1 amide bonds. The van der Waals surface area contributed by atoms with E-state index in [1.165, 1.54) is 28.6 Å². The molecule has 0 saturated carbocycles. The van der Waals surface area contributed by atoms with E-state index in [4.69, 9.17) is 11.6 Å². The molecule has 4 rings (SSSR count). The normalized spacial score (nSPS) is 16.7. The molecule has 162 valence electrons. The van der Waals surface area contributed by atoms with Gasteiger partial charge in [0, 0.05) is 37.1 Å². The summed E-state index contributed by atoms with van der Waals surface area (Å²) in [6.07, 6.45) is 4.66. The van der Waals surface area contributed by atoms with E-state index in [0.29, 0.717) is 16.8 Å². The smallest absolute Gasteiger partial charge is 0.251 e. The van der Waals surface area contributed by atoms with Gasteiger partial charge in [-0.3, -0.25) is 18.9 Å². The second-order valence-corrected chi connectivity index (χ2v) is 8.93. The topological polar surface area (TPSA) is 79.4 Å². The Labute approximate surface area is 191 Å². The van der Waals surface area contributed by atoms with Crippen LogP contribution < -0.4 is 9.62 Å². The monoisotopic (exact) mass is 469 g/mol. The van der Waals surface area contributed by atoms with Crippen LogP contribution in [-0.2, 0) is 17.5 Å². The van der Waals surface area contributed by atoms with Crippen molar-refractivity contribution in [3.8, 4) is 0 Å². The van der Waals surface area contributed by atoms with E-state index in [2.05, 4.69) is 10.3 Å². The van der Waals surface area contributed by atoms with Gasteiger partial charge in [-0.05, 0) is 53.6 Å². The van der Waals surface area contributed by atoms with Crippen LogP contribution >= 0.6 is 11.6 Å². The third-order valence-electron chi connectivity index (χ3n) is 4.92. The maximum atomic E-state index is 13.8. The first kappa shape index (κ1) is 21.9. The lowest BCUT2D eigenvalue weighted by atomic mass is 10.0. The number of hydrogen-bond acceptors (Lipinski definition) is 4. The quantitative estimate of drug-likeness (QED) is 0.582. The van der Waals surface area contributed by atoms with Gasteiger partial charge >= 0.3 is 0 Å². The van der Waals surface area contributed by atoms with Gasteiger partial charge < -0.3 is 5.32 Å². The molecule has 1 atom stereocenters. The number of nitrogens with one attached hydrogen (secondary N) is 1. The van der Waals surface area contributed by atoms with E-state index in [1.807, 2.05) is 6.07 Å². The lowest BCUT2D eigenvalue weighted by molar-refractivity contribution is 0.0951. The Kier molecular flexibility index (Phi) is 6.16. The van der Waals surface area contributed by atoms with Crippen molar-refractivity contribution in [1.82, 2.24) is 10.3 Å². The maximum Gasteiger partial charge on any atom is 0.251 e. The van der Waals surface area contributed by atoms with E-state index in [1.54, 1.807) is 37.6 Å². The molecule has 1 aliphatic rings. The molecule has 3 aromatic rings. The van der Waals surface area contributed by atoms with Crippen molar-refractivity contribution in [1.29, 1.82) is 0 Å². The molecule has 2 aromatic carbocycles. The fourth-order valence-electron chi connectivity index (χ4n) is 3.24. The molecule has 1 N–H and O–H groups in total. The summed E-state index contributed by atoms with van der Waals surface area (Å²) in [5.74, 6) is -1.49. The number of Topliss-reactive ketones (excluding diaryl/α,β-unsaturated/α-hetero) is 1. The number of carbonyl (C=O) groups is 2. The van der Waals surface area contributed by atoms with Gasteiger partial charge in [-0.25, -0.2) is 8.60 Å². The number of carbonyl (C=O) groups excluding carboxylic acids is 2. The zero-order chi connectivity index (χ0) is 22.8. The fourth-order valence-corrected chi connectivity index (χ4v) is 4.50. The number of aromatic nitrogens is 1. The molecule has 1 aliphatic heterocycles. The van der Waals surface area contributed by atoms with Gasteiger partial charge in [0.1, 0.15) is 10.7 Å². The van der Waals surface area contributed by atoms with Gasteiger partial charge in [0.25, 0.3) is 5.91 Å². The highest BCUT2D eigenvalue weighted by atomic mass is 35.5. The molecule has 1 aromatic heterocycles. The maximum absolute atomic E-state index is 13.8. The van der Waals surface area contributed by atoms with Crippen molar-refractivity contribution in [2.45, 2.75) is 6.54 Å². The van der Waals surface area contributed by atoms with Gasteiger partial charge in [-0.2, -0.15) is 0 Å². The van der Waals surface area contributed by atoms with Gasteiger partial charge in [-0.15, -0.1) is 0 Å². The highest BCUT2D eigenvalue weighted by Crippen LogP contribution is 2.33. The van der Waals surface area contributed by atoms with Gasteiger partial charge in [-0.1, -0.05) is 23.7 Å². The highest BCUT2D eigenvalue weighted by molar-refractivity contribution is 7.91. The van der Waals surface area contributed by atoms with Crippen molar-refractivity contribution in [3.63, 3.8) is 0 Å². The van der Waals surface area contributed by atoms with Gasteiger partial charge in [0.2, 0.25) is 5.78 Å². The highest BCUT2D eigenvalue weighted by Gasteiger charge is 2.32. The number of rotatable bonds is 4. The number of pyridine rings is 1. The van der Waals surface area contributed by atoms with Crippen LogP contribution in [0.15, 0.2) is 65.8 Å². The lowest BCUT2D eigenvalue weighted by Gasteiger charge is -2.27. The van der Waals surface area contributed by atoms with E-state index >= 15 is 0 Å². The van der Waals surface area contributed by atoms with Gasteiger partial charge in [0.05, 0.1) is 10.7 Å². The Hall–Kier alpha value is -3.36. The molecule has 32 heavy (non-hydrogen) atoms. The number of ketones is 1. The fraction of sp³-hybridized carbons (Fsp3) is 0.0870. The van der Waals surface area contributed by atoms with Crippen LogP contribution in [-0.4, -0.2) is 27.9 Å². The van der Waals surface area contributed by atoms with E-state index in [9.17, 15) is 18.2 Å². The molecule has 0 spiro atoms. The first-order valence-corrected chi connectivity index (χ1v) is 11.0. The Bertz CT molecular complexity index is 1280. The minimum Gasteiger partial charge on any atom is -0.348 e. The summed E-state index contributed by atoms with van der Waals surface area (Å²) in [6.45, 7) is 0.287. The molecule has 6 nitrogen and oxygen atoms in total. The molecule has 0 radical (unpaired) electrons. The number of hydrogen-bond donors (Lipinski definition) is 1. The Balaban J connectivity index is 1.64. The van der Waals surface area contributed by atoms with Crippen molar-refractivity contribution in [2.75, 3.05) is 11.4 Å². The van der Waals surface area contributed by atoms with E-state index in [0.717, 1.165) is 11.6 Å². The predicted octanol–water partition coefficient (Wildman–Crippen LogP) is 4.14. The summed E-state index contributed by atoms with van der Waals surface area (Å²) >= 11 is 5.71. The number of amides is 1. The second kappa shape index (κ2) is 9.02. The predicted molar refractivity (Wildman–Crippen MR) is 122 cm³/mol. The van der Waals surface area contributed by atoms with E-state index in [-0.39, 0.29) is 27.9 Å². The van der Waals surface area contributed by atoms with Crippen LogP contribution in [0.4, 0.5) is 10.1 Å².